The van der Waals surface area contributed by atoms with Gasteiger partial charge in [0.25, 0.3) is 0 Å². The first-order chi connectivity index (χ1) is 14.5. The number of hydrogen-bond donors (Lipinski definition) is 1. The van der Waals surface area contributed by atoms with Crippen LogP contribution in [0.4, 0.5) is 5.82 Å². The summed E-state index contributed by atoms with van der Waals surface area (Å²) in [6.07, 6.45) is 4.20. The van der Waals surface area contributed by atoms with Gasteiger partial charge in [0.05, 0.1) is 11.5 Å². The molecule has 1 aromatic carbocycles. The van der Waals surface area contributed by atoms with Crippen LogP contribution in [0.3, 0.4) is 0 Å². The van der Waals surface area contributed by atoms with E-state index in [1.54, 1.807) is 18.5 Å². The number of halogens is 1. The molecule has 0 bridgehead atoms. The number of benzene rings is 1. The SMILES string of the molecule is CNc1ncccc1-c1noc(C(Cc2cc(C)cc(C)c2)c2ccc(Cl)nc2)n1. The molecular weight excluding hydrogens is 398 g/mol. The van der Waals surface area contributed by atoms with Crippen LogP contribution in [0.2, 0.25) is 5.15 Å². The van der Waals surface area contributed by atoms with E-state index in [1.165, 1.54) is 16.7 Å². The van der Waals surface area contributed by atoms with Gasteiger partial charge >= 0.3 is 0 Å². The lowest BCUT2D eigenvalue weighted by Gasteiger charge is -2.14. The van der Waals surface area contributed by atoms with Crippen molar-refractivity contribution in [3.8, 4) is 11.4 Å². The van der Waals surface area contributed by atoms with E-state index in [0.29, 0.717) is 29.1 Å². The summed E-state index contributed by atoms with van der Waals surface area (Å²) in [7, 11) is 1.81. The van der Waals surface area contributed by atoms with Crippen molar-refractivity contribution >= 4 is 17.4 Å². The van der Waals surface area contributed by atoms with E-state index in [9.17, 15) is 0 Å². The standard InChI is InChI=1S/C23H22ClN5O/c1-14-9-15(2)11-16(10-14)12-19(17-6-7-20(24)27-13-17)23-28-22(29-30-23)18-5-4-8-26-21(18)25-3/h4-11,13,19H,12H2,1-3H3,(H,25,26). The van der Waals surface area contributed by atoms with E-state index in [0.717, 1.165) is 11.1 Å². The van der Waals surface area contributed by atoms with Crippen LogP contribution in [0.25, 0.3) is 11.4 Å². The quantitative estimate of drug-likeness (QED) is 0.432. The molecule has 4 aromatic rings. The summed E-state index contributed by atoms with van der Waals surface area (Å²) in [5.74, 6) is 1.57. The number of rotatable bonds is 6. The fourth-order valence-corrected chi connectivity index (χ4v) is 3.75. The molecule has 3 aromatic heterocycles. The molecule has 0 aliphatic heterocycles. The van der Waals surface area contributed by atoms with Crippen LogP contribution < -0.4 is 5.32 Å². The van der Waals surface area contributed by atoms with E-state index < -0.39 is 0 Å². The molecule has 7 heteroatoms. The topological polar surface area (TPSA) is 76.7 Å². The Morgan fingerprint density at radius 1 is 1.07 bits per heavy atom. The highest BCUT2D eigenvalue weighted by molar-refractivity contribution is 6.29. The maximum Gasteiger partial charge on any atom is 0.234 e. The molecule has 0 radical (unpaired) electrons. The number of nitrogens with one attached hydrogen (secondary N) is 1. The summed E-state index contributed by atoms with van der Waals surface area (Å²) in [4.78, 5) is 13.3. The number of aryl methyl sites for hydroxylation is 2. The van der Waals surface area contributed by atoms with Crippen molar-refractivity contribution in [2.45, 2.75) is 26.2 Å². The van der Waals surface area contributed by atoms with Crippen molar-refractivity contribution in [1.29, 1.82) is 0 Å². The van der Waals surface area contributed by atoms with Gasteiger partial charge < -0.3 is 9.84 Å². The molecule has 6 nitrogen and oxygen atoms in total. The molecule has 4 rings (SSSR count). The molecule has 1 N–H and O–H groups in total. The minimum absolute atomic E-state index is 0.146. The highest BCUT2D eigenvalue weighted by atomic mass is 35.5. The third-order valence-corrected chi connectivity index (χ3v) is 5.12. The minimum Gasteiger partial charge on any atom is -0.373 e. The molecule has 0 spiro atoms. The first kappa shape index (κ1) is 20.0. The predicted molar refractivity (Wildman–Crippen MR) is 118 cm³/mol. The van der Waals surface area contributed by atoms with Gasteiger partial charge in [0.15, 0.2) is 0 Å². The summed E-state index contributed by atoms with van der Waals surface area (Å²) < 4.78 is 5.72. The van der Waals surface area contributed by atoms with Gasteiger partial charge in [-0.3, -0.25) is 0 Å². The molecule has 0 aliphatic carbocycles. The zero-order valence-electron chi connectivity index (χ0n) is 17.1. The van der Waals surface area contributed by atoms with Gasteiger partial charge in [-0.15, -0.1) is 0 Å². The average molecular weight is 420 g/mol. The van der Waals surface area contributed by atoms with Gasteiger partial charge in [-0.25, -0.2) is 9.97 Å². The Labute approximate surface area is 180 Å². The Balaban J connectivity index is 1.74. The summed E-state index contributed by atoms with van der Waals surface area (Å²) >= 11 is 6.01. The van der Waals surface area contributed by atoms with Gasteiger partial charge in [-0.05, 0) is 49.6 Å². The smallest absolute Gasteiger partial charge is 0.234 e. The molecule has 0 aliphatic rings. The Morgan fingerprint density at radius 2 is 1.87 bits per heavy atom. The molecule has 0 saturated carbocycles. The fourth-order valence-electron chi connectivity index (χ4n) is 3.63. The zero-order valence-corrected chi connectivity index (χ0v) is 17.8. The predicted octanol–water partition coefficient (Wildman–Crippen LogP) is 5.21. The maximum absolute atomic E-state index is 6.01. The molecular formula is C23H22ClN5O. The molecule has 0 amide bonds. The third-order valence-electron chi connectivity index (χ3n) is 4.90. The normalized spacial score (nSPS) is 12.0. The monoisotopic (exact) mass is 419 g/mol. The third kappa shape index (κ3) is 4.33. The van der Waals surface area contributed by atoms with E-state index in [1.807, 2.05) is 25.2 Å². The van der Waals surface area contributed by atoms with E-state index in [4.69, 9.17) is 21.1 Å². The van der Waals surface area contributed by atoms with Crippen LogP contribution in [0.15, 0.2) is 59.4 Å². The van der Waals surface area contributed by atoms with E-state index in [-0.39, 0.29) is 5.92 Å². The van der Waals surface area contributed by atoms with Gasteiger partial charge in [0, 0.05) is 19.4 Å². The highest BCUT2D eigenvalue weighted by Crippen LogP contribution is 2.31. The van der Waals surface area contributed by atoms with Crippen LogP contribution >= 0.6 is 11.6 Å². The largest absolute Gasteiger partial charge is 0.373 e. The lowest BCUT2D eigenvalue weighted by molar-refractivity contribution is 0.364. The van der Waals surface area contributed by atoms with Crippen molar-refractivity contribution in [3.05, 3.63) is 88.2 Å². The van der Waals surface area contributed by atoms with Gasteiger partial charge in [0.1, 0.15) is 11.0 Å². The molecule has 3 heterocycles. The first-order valence-electron chi connectivity index (χ1n) is 9.69. The van der Waals surface area contributed by atoms with Crippen molar-refractivity contribution in [3.63, 3.8) is 0 Å². The highest BCUT2D eigenvalue weighted by Gasteiger charge is 2.24. The molecule has 0 fully saturated rings. The number of nitrogens with zero attached hydrogens (tertiary/aromatic N) is 4. The summed E-state index contributed by atoms with van der Waals surface area (Å²) in [5, 5.41) is 7.74. The zero-order chi connectivity index (χ0) is 21.1. The molecule has 30 heavy (non-hydrogen) atoms. The second-order valence-electron chi connectivity index (χ2n) is 7.27. The van der Waals surface area contributed by atoms with Crippen LogP contribution in [-0.4, -0.2) is 27.2 Å². The lowest BCUT2D eigenvalue weighted by Crippen LogP contribution is -2.07. The lowest BCUT2D eigenvalue weighted by atomic mass is 9.91. The van der Waals surface area contributed by atoms with Crippen LogP contribution in [-0.2, 0) is 6.42 Å². The van der Waals surface area contributed by atoms with Gasteiger partial charge in [0.2, 0.25) is 11.7 Å². The molecule has 1 atom stereocenters. The van der Waals surface area contributed by atoms with Crippen molar-refractivity contribution in [2.75, 3.05) is 12.4 Å². The summed E-state index contributed by atoms with van der Waals surface area (Å²) in [5.41, 5.74) is 5.39. The van der Waals surface area contributed by atoms with Crippen molar-refractivity contribution in [2.24, 2.45) is 0 Å². The van der Waals surface area contributed by atoms with Crippen LogP contribution in [0.5, 0.6) is 0 Å². The maximum atomic E-state index is 6.01. The van der Waals surface area contributed by atoms with E-state index >= 15 is 0 Å². The average Bonchev–Trinajstić information content (AvgIpc) is 3.22. The second-order valence-corrected chi connectivity index (χ2v) is 7.66. The summed E-state index contributed by atoms with van der Waals surface area (Å²) in [6.45, 7) is 4.20. The fraction of sp³-hybridized carbons (Fsp3) is 0.217. The molecule has 1 unspecified atom stereocenters. The minimum atomic E-state index is -0.146. The second kappa shape index (κ2) is 8.63. The van der Waals surface area contributed by atoms with Crippen molar-refractivity contribution in [1.82, 2.24) is 20.1 Å². The Kier molecular flexibility index (Phi) is 5.77. The molecule has 152 valence electrons. The Morgan fingerprint density at radius 3 is 2.57 bits per heavy atom. The van der Waals surface area contributed by atoms with Crippen LogP contribution in [0.1, 0.15) is 34.1 Å². The number of pyridine rings is 2. The number of anilines is 1. The number of hydrogen-bond acceptors (Lipinski definition) is 6. The van der Waals surface area contributed by atoms with E-state index in [2.05, 4.69) is 52.5 Å². The van der Waals surface area contributed by atoms with Gasteiger partial charge in [-0.2, -0.15) is 4.98 Å². The molecule has 0 saturated heterocycles. The van der Waals surface area contributed by atoms with Gasteiger partial charge in [-0.1, -0.05) is 52.1 Å². The Bertz CT molecular complexity index is 1140. The van der Waals surface area contributed by atoms with Crippen molar-refractivity contribution < 1.29 is 4.52 Å². The summed E-state index contributed by atoms with van der Waals surface area (Å²) in [6, 6.07) is 14.0. The van der Waals surface area contributed by atoms with Crippen LogP contribution in [0, 0.1) is 13.8 Å². The Hall–Kier alpha value is -3.25. The first-order valence-corrected chi connectivity index (χ1v) is 10.1. The number of aromatic nitrogens is 4.